The fourth-order valence-electron chi connectivity index (χ4n) is 3.54. The largest absolute Gasteiger partial charge is 0.489 e. The molecule has 24 heavy (non-hydrogen) atoms. The molecule has 0 aliphatic heterocycles. The zero-order valence-electron chi connectivity index (χ0n) is 14.1. The van der Waals surface area contributed by atoms with Crippen molar-refractivity contribution in [3.63, 3.8) is 0 Å². The highest BCUT2D eigenvalue weighted by molar-refractivity contribution is 5.30. The molecule has 0 aromatic heterocycles. The molecular weight excluding hydrogens is 306 g/mol. The molecule has 0 amide bonds. The second-order valence-corrected chi connectivity index (χ2v) is 6.73. The van der Waals surface area contributed by atoms with Gasteiger partial charge in [0.15, 0.2) is 11.6 Å². The molecule has 1 fully saturated rings. The summed E-state index contributed by atoms with van der Waals surface area (Å²) in [5.74, 6) is 0.647. The molecule has 3 rings (SSSR count). The molecule has 2 aromatic rings. The van der Waals surface area contributed by atoms with Gasteiger partial charge in [0.1, 0.15) is 12.4 Å². The van der Waals surface area contributed by atoms with Gasteiger partial charge >= 0.3 is 0 Å². The summed E-state index contributed by atoms with van der Waals surface area (Å²) in [6.45, 7) is 2.52. The summed E-state index contributed by atoms with van der Waals surface area (Å²) in [6.07, 6.45) is 6.50. The molecule has 0 radical (unpaired) electrons. The van der Waals surface area contributed by atoms with E-state index in [1.165, 1.54) is 43.7 Å². The SMILES string of the molecule is CCC1CCC(c2ccc(OCc3ccc(F)c(F)c3)cc2)CC1. The van der Waals surface area contributed by atoms with Gasteiger partial charge in [0, 0.05) is 0 Å². The van der Waals surface area contributed by atoms with Crippen LogP contribution >= 0.6 is 0 Å². The first-order chi connectivity index (χ1) is 11.7. The van der Waals surface area contributed by atoms with Crippen molar-refractivity contribution in [1.29, 1.82) is 0 Å². The van der Waals surface area contributed by atoms with E-state index in [0.29, 0.717) is 11.5 Å². The Morgan fingerprint density at radius 3 is 2.25 bits per heavy atom. The Kier molecular flexibility index (Phi) is 5.49. The van der Waals surface area contributed by atoms with Gasteiger partial charge < -0.3 is 4.74 Å². The average Bonchev–Trinajstić information content (AvgIpc) is 2.63. The van der Waals surface area contributed by atoms with E-state index in [2.05, 4.69) is 19.1 Å². The van der Waals surface area contributed by atoms with Crippen molar-refractivity contribution in [3.05, 3.63) is 65.2 Å². The topological polar surface area (TPSA) is 9.23 Å². The maximum Gasteiger partial charge on any atom is 0.159 e. The number of halogens is 2. The lowest BCUT2D eigenvalue weighted by molar-refractivity contribution is 0.304. The van der Waals surface area contributed by atoms with Crippen LogP contribution in [-0.2, 0) is 6.61 Å². The van der Waals surface area contributed by atoms with E-state index in [9.17, 15) is 8.78 Å². The van der Waals surface area contributed by atoms with Crippen LogP contribution in [0.2, 0.25) is 0 Å². The van der Waals surface area contributed by atoms with Crippen molar-refractivity contribution in [2.24, 2.45) is 5.92 Å². The summed E-state index contributed by atoms with van der Waals surface area (Å²) in [6, 6.07) is 12.1. The van der Waals surface area contributed by atoms with E-state index in [-0.39, 0.29) is 6.61 Å². The Hall–Kier alpha value is -1.90. The molecule has 0 spiro atoms. The standard InChI is InChI=1S/C21H24F2O/c1-2-15-3-6-17(7-4-15)18-8-10-19(11-9-18)24-14-16-5-12-20(22)21(23)13-16/h5,8-13,15,17H,2-4,6-7,14H2,1H3. The molecule has 0 N–H and O–H groups in total. The van der Waals surface area contributed by atoms with Crippen LogP contribution in [0.15, 0.2) is 42.5 Å². The second-order valence-electron chi connectivity index (χ2n) is 6.73. The van der Waals surface area contributed by atoms with Crippen LogP contribution in [0.25, 0.3) is 0 Å². The van der Waals surface area contributed by atoms with E-state index in [1.54, 1.807) is 6.07 Å². The van der Waals surface area contributed by atoms with Crippen molar-refractivity contribution in [1.82, 2.24) is 0 Å². The lowest BCUT2D eigenvalue weighted by atomic mass is 9.78. The third kappa shape index (κ3) is 4.14. The number of hydrogen-bond acceptors (Lipinski definition) is 1. The average molecular weight is 330 g/mol. The van der Waals surface area contributed by atoms with Crippen LogP contribution in [0.3, 0.4) is 0 Å². The third-order valence-electron chi connectivity index (χ3n) is 5.17. The lowest BCUT2D eigenvalue weighted by Crippen LogP contribution is -2.12. The van der Waals surface area contributed by atoms with Crippen LogP contribution in [0.4, 0.5) is 8.78 Å². The normalized spacial score (nSPS) is 20.8. The minimum Gasteiger partial charge on any atom is -0.489 e. The summed E-state index contributed by atoms with van der Waals surface area (Å²) in [4.78, 5) is 0. The van der Waals surface area contributed by atoms with Gasteiger partial charge in [-0.1, -0.05) is 31.5 Å². The minimum atomic E-state index is -0.839. The molecule has 1 saturated carbocycles. The quantitative estimate of drug-likeness (QED) is 0.631. The first kappa shape index (κ1) is 16.9. The molecule has 0 saturated heterocycles. The molecule has 0 bridgehead atoms. The Morgan fingerprint density at radius 1 is 0.917 bits per heavy atom. The van der Waals surface area contributed by atoms with E-state index >= 15 is 0 Å². The fourth-order valence-corrected chi connectivity index (χ4v) is 3.54. The van der Waals surface area contributed by atoms with Gasteiger partial charge in [0.05, 0.1) is 0 Å². The monoisotopic (exact) mass is 330 g/mol. The Morgan fingerprint density at radius 2 is 1.62 bits per heavy atom. The highest BCUT2D eigenvalue weighted by Crippen LogP contribution is 2.37. The van der Waals surface area contributed by atoms with Crippen molar-refractivity contribution >= 4 is 0 Å². The van der Waals surface area contributed by atoms with Gasteiger partial charge in [-0.15, -0.1) is 0 Å². The summed E-state index contributed by atoms with van der Waals surface area (Å²) >= 11 is 0. The van der Waals surface area contributed by atoms with Crippen molar-refractivity contribution < 1.29 is 13.5 Å². The predicted octanol–water partition coefficient (Wildman–Crippen LogP) is 6.23. The van der Waals surface area contributed by atoms with Crippen LogP contribution in [-0.4, -0.2) is 0 Å². The fraction of sp³-hybridized carbons (Fsp3) is 0.429. The van der Waals surface area contributed by atoms with Gasteiger partial charge in [-0.05, 0) is 72.9 Å². The Labute approximate surface area is 142 Å². The number of benzene rings is 2. The molecule has 2 aromatic carbocycles. The van der Waals surface area contributed by atoms with Crippen molar-refractivity contribution in [2.75, 3.05) is 0 Å². The molecular formula is C21H24F2O. The molecule has 3 heteroatoms. The molecule has 1 aliphatic rings. The van der Waals surface area contributed by atoms with E-state index in [0.717, 1.165) is 17.7 Å². The molecule has 0 unspecified atom stereocenters. The van der Waals surface area contributed by atoms with Crippen molar-refractivity contribution in [3.8, 4) is 5.75 Å². The third-order valence-corrected chi connectivity index (χ3v) is 5.17. The maximum absolute atomic E-state index is 13.2. The second kappa shape index (κ2) is 7.78. The summed E-state index contributed by atoms with van der Waals surface area (Å²) < 4.78 is 31.8. The molecule has 128 valence electrons. The molecule has 0 atom stereocenters. The van der Waals surface area contributed by atoms with Gasteiger partial charge in [0.25, 0.3) is 0 Å². The van der Waals surface area contributed by atoms with Gasteiger partial charge in [-0.2, -0.15) is 0 Å². The minimum absolute atomic E-state index is 0.234. The van der Waals surface area contributed by atoms with Crippen LogP contribution < -0.4 is 4.74 Å². The number of rotatable bonds is 5. The summed E-state index contributed by atoms with van der Waals surface area (Å²) in [5, 5.41) is 0. The van der Waals surface area contributed by atoms with Gasteiger partial charge in [-0.3, -0.25) is 0 Å². The maximum atomic E-state index is 13.2. The first-order valence-corrected chi connectivity index (χ1v) is 8.82. The molecule has 1 nitrogen and oxygen atoms in total. The lowest BCUT2D eigenvalue weighted by Gasteiger charge is -2.28. The van der Waals surface area contributed by atoms with Crippen LogP contribution in [0.1, 0.15) is 56.1 Å². The number of ether oxygens (including phenoxy) is 1. The predicted molar refractivity (Wildman–Crippen MR) is 92.1 cm³/mol. The van der Waals surface area contributed by atoms with Crippen LogP contribution in [0.5, 0.6) is 5.75 Å². The smallest absolute Gasteiger partial charge is 0.159 e. The zero-order valence-corrected chi connectivity index (χ0v) is 14.1. The highest BCUT2D eigenvalue weighted by Gasteiger charge is 2.21. The summed E-state index contributed by atoms with van der Waals surface area (Å²) in [5.41, 5.74) is 2.00. The highest BCUT2D eigenvalue weighted by atomic mass is 19.2. The van der Waals surface area contributed by atoms with E-state index in [4.69, 9.17) is 4.74 Å². The molecule has 0 heterocycles. The van der Waals surface area contributed by atoms with E-state index < -0.39 is 11.6 Å². The van der Waals surface area contributed by atoms with Gasteiger partial charge in [-0.25, -0.2) is 8.78 Å². The Bertz CT molecular complexity index is 658. The Balaban J connectivity index is 1.55. The van der Waals surface area contributed by atoms with Crippen LogP contribution in [0, 0.1) is 17.6 Å². The first-order valence-electron chi connectivity index (χ1n) is 8.82. The molecule has 1 aliphatic carbocycles. The zero-order chi connectivity index (χ0) is 16.9. The summed E-state index contributed by atoms with van der Waals surface area (Å²) in [7, 11) is 0. The van der Waals surface area contributed by atoms with Gasteiger partial charge in [0.2, 0.25) is 0 Å². The van der Waals surface area contributed by atoms with Crippen molar-refractivity contribution in [2.45, 2.75) is 51.6 Å². The number of hydrogen-bond donors (Lipinski definition) is 0. The van der Waals surface area contributed by atoms with E-state index in [1.807, 2.05) is 12.1 Å².